The first-order valence-electron chi connectivity index (χ1n) is 8.45. The van der Waals surface area contributed by atoms with Crippen LogP contribution in [-0.4, -0.2) is 23.8 Å². The van der Waals surface area contributed by atoms with Crippen LogP contribution in [0.25, 0.3) is 0 Å². The summed E-state index contributed by atoms with van der Waals surface area (Å²) >= 11 is 0. The van der Waals surface area contributed by atoms with Gasteiger partial charge in [0.2, 0.25) is 0 Å². The quantitative estimate of drug-likeness (QED) is 0.685. The fraction of sp³-hybridized carbons (Fsp3) is 0.944. The molecule has 5 aliphatic rings. The summed E-state index contributed by atoms with van der Waals surface area (Å²) in [6.07, 6.45) is 3.20. The van der Waals surface area contributed by atoms with Gasteiger partial charge < -0.3 is 9.47 Å². The zero-order chi connectivity index (χ0) is 15.4. The number of hydrogen-bond acceptors (Lipinski definition) is 3. The van der Waals surface area contributed by atoms with E-state index in [9.17, 15) is 4.79 Å². The monoisotopic (exact) mass is 292 g/mol. The molecule has 0 radical (unpaired) electrons. The van der Waals surface area contributed by atoms with Gasteiger partial charge >= 0.3 is 0 Å². The van der Waals surface area contributed by atoms with E-state index in [0.717, 1.165) is 19.3 Å². The van der Waals surface area contributed by atoms with Crippen molar-refractivity contribution < 1.29 is 14.3 Å². The molecule has 3 nitrogen and oxygen atoms in total. The molecule has 0 N–H and O–H groups in total. The maximum absolute atomic E-state index is 12.8. The van der Waals surface area contributed by atoms with Crippen LogP contribution >= 0.6 is 0 Å². The number of fused-ring (bicyclic) bond motifs is 1. The fourth-order valence-electron chi connectivity index (χ4n) is 6.50. The van der Waals surface area contributed by atoms with Gasteiger partial charge in [0.15, 0.2) is 5.79 Å². The van der Waals surface area contributed by atoms with Gasteiger partial charge in [0.05, 0.1) is 12.2 Å². The number of rotatable bonds is 0. The van der Waals surface area contributed by atoms with E-state index in [1.165, 1.54) is 0 Å². The minimum absolute atomic E-state index is 0.00319. The lowest BCUT2D eigenvalue weighted by atomic mass is 9.37. The molecule has 0 amide bonds. The Morgan fingerprint density at radius 1 is 1.00 bits per heavy atom. The molecular formula is C18H28O3. The molecule has 1 unspecified atom stereocenters. The van der Waals surface area contributed by atoms with Crippen LogP contribution in [0.1, 0.15) is 60.8 Å². The molecule has 1 saturated heterocycles. The molecule has 3 heteroatoms. The van der Waals surface area contributed by atoms with Crippen LogP contribution in [0.2, 0.25) is 0 Å². The molecule has 21 heavy (non-hydrogen) atoms. The Kier molecular flexibility index (Phi) is 2.41. The number of carbonyl (C=O) groups excluding carboxylic acids is 1. The summed E-state index contributed by atoms with van der Waals surface area (Å²) in [4.78, 5) is 12.8. The van der Waals surface area contributed by atoms with E-state index < -0.39 is 5.79 Å². The molecule has 5 rings (SSSR count). The van der Waals surface area contributed by atoms with Crippen molar-refractivity contribution in [3.8, 4) is 0 Å². The van der Waals surface area contributed by atoms with Gasteiger partial charge in [-0.2, -0.15) is 0 Å². The van der Waals surface area contributed by atoms with E-state index >= 15 is 0 Å². The molecule has 0 aromatic carbocycles. The third kappa shape index (κ3) is 1.33. The van der Waals surface area contributed by atoms with Gasteiger partial charge in [-0.15, -0.1) is 0 Å². The third-order valence-corrected chi connectivity index (χ3v) is 7.81. The standard InChI is InChI=1S/C18H28O3/c1-10-9-11(19)12-15(2,3)17(6)7-8-18(10,12)14-13(17)20-16(4,5)21-14/h10,12-14H,7-9H2,1-6H3/t10-,12?,13+,14-,17+,18-/m0/s1. The molecule has 2 bridgehead atoms. The molecule has 118 valence electrons. The first kappa shape index (κ1) is 14.2. The van der Waals surface area contributed by atoms with Crippen molar-refractivity contribution in [2.24, 2.45) is 28.1 Å². The smallest absolute Gasteiger partial charge is 0.163 e. The van der Waals surface area contributed by atoms with E-state index in [-0.39, 0.29) is 34.4 Å². The minimum atomic E-state index is -0.524. The predicted molar refractivity (Wildman–Crippen MR) is 79.7 cm³/mol. The molecule has 0 aromatic heterocycles. The van der Waals surface area contributed by atoms with Gasteiger partial charge in [-0.05, 0) is 38.0 Å². The fourth-order valence-corrected chi connectivity index (χ4v) is 6.50. The maximum Gasteiger partial charge on any atom is 0.163 e. The van der Waals surface area contributed by atoms with Crippen molar-refractivity contribution in [1.29, 1.82) is 0 Å². The summed E-state index contributed by atoms with van der Waals surface area (Å²) in [5, 5.41) is 0. The molecule has 4 aliphatic carbocycles. The Hall–Kier alpha value is -0.410. The zero-order valence-electron chi connectivity index (χ0n) is 14.2. The Morgan fingerprint density at radius 3 is 2.29 bits per heavy atom. The second kappa shape index (κ2) is 3.56. The van der Waals surface area contributed by atoms with E-state index in [2.05, 4.69) is 27.7 Å². The van der Waals surface area contributed by atoms with Crippen molar-refractivity contribution in [3.05, 3.63) is 0 Å². The SMILES string of the molecule is C[C@H]1CC(=O)C2C(C)(C)[C@]3(C)CC[C@@]21[C@H]1OC(C)(C)O[C@H]13. The first-order valence-corrected chi connectivity index (χ1v) is 8.45. The molecular weight excluding hydrogens is 264 g/mol. The molecule has 1 aliphatic heterocycles. The maximum atomic E-state index is 12.8. The number of carbonyl (C=O) groups is 1. The van der Waals surface area contributed by atoms with Crippen molar-refractivity contribution in [2.75, 3.05) is 0 Å². The van der Waals surface area contributed by atoms with Crippen LogP contribution in [0.5, 0.6) is 0 Å². The van der Waals surface area contributed by atoms with Crippen LogP contribution < -0.4 is 0 Å². The van der Waals surface area contributed by atoms with Crippen molar-refractivity contribution in [1.82, 2.24) is 0 Å². The molecule has 4 saturated carbocycles. The average molecular weight is 292 g/mol. The molecule has 0 aromatic rings. The molecule has 1 heterocycles. The highest BCUT2D eigenvalue weighted by Gasteiger charge is 2.78. The van der Waals surface area contributed by atoms with Gasteiger partial charge in [-0.3, -0.25) is 4.79 Å². The topological polar surface area (TPSA) is 35.5 Å². The van der Waals surface area contributed by atoms with Crippen LogP contribution in [0.4, 0.5) is 0 Å². The first-order chi connectivity index (χ1) is 9.56. The summed E-state index contributed by atoms with van der Waals surface area (Å²) < 4.78 is 12.8. The Morgan fingerprint density at radius 2 is 1.62 bits per heavy atom. The summed E-state index contributed by atoms with van der Waals surface area (Å²) in [6.45, 7) is 13.2. The third-order valence-electron chi connectivity index (χ3n) is 7.81. The second-order valence-electron chi connectivity index (χ2n) is 9.23. The van der Waals surface area contributed by atoms with Crippen LogP contribution in [0, 0.1) is 28.1 Å². The lowest BCUT2D eigenvalue weighted by molar-refractivity contribution is -0.241. The van der Waals surface area contributed by atoms with E-state index in [1.54, 1.807) is 0 Å². The van der Waals surface area contributed by atoms with Crippen LogP contribution in [-0.2, 0) is 14.3 Å². The van der Waals surface area contributed by atoms with Gasteiger partial charge in [-0.25, -0.2) is 0 Å². The van der Waals surface area contributed by atoms with Gasteiger partial charge in [0, 0.05) is 23.2 Å². The molecule has 6 atom stereocenters. The van der Waals surface area contributed by atoms with Crippen molar-refractivity contribution >= 4 is 5.78 Å². The zero-order valence-corrected chi connectivity index (χ0v) is 14.2. The number of hydrogen-bond donors (Lipinski definition) is 0. The highest BCUT2D eigenvalue weighted by Crippen LogP contribution is 2.75. The van der Waals surface area contributed by atoms with Gasteiger partial charge in [0.25, 0.3) is 0 Å². The van der Waals surface area contributed by atoms with Crippen LogP contribution in [0.15, 0.2) is 0 Å². The summed E-state index contributed by atoms with van der Waals surface area (Å²) in [7, 11) is 0. The number of ketones is 1. The minimum Gasteiger partial charge on any atom is -0.344 e. The second-order valence-corrected chi connectivity index (χ2v) is 9.23. The highest BCUT2D eigenvalue weighted by molar-refractivity contribution is 5.86. The van der Waals surface area contributed by atoms with Crippen LogP contribution in [0.3, 0.4) is 0 Å². The Labute approximate surface area is 127 Å². The van der Waals surface area contributed by atoms with Gasteiger partial charge in [0.1, 0.15) is 5.78 Å². The average Bonchev–Trinajstić information content (AvgIpc) is 2.80. The number of Topliss-reactive ketones (excluding diaryl/α,β-unsaturated/α-hetero) is 1. The number of ether oxygens (including phenoxy) is 2. The summed E-state index contributed by atoms with van der Waals surface area (Å²) in [5.74, 6) is 0.483. The van der Waals surface area contributed by atoms with Gasteiger partial charge in [-0.1, -0.05) is 27.7 Å². The summed E-state index contributed by atoms with van der Waals surface area (Å²) in [6, 6.07) is 0. The van der Waals surface area contributed by atoms with E-state index in [0.29, 0.717) is 11.7 Å². The molecule has 5 fully saturated rings. The summed E-state index contributed by atoms with van der Waals surface area (Å²) in [5.41, 5.74) is 0.00634. The largest absolute Gasteiger partial charge is 0.344 e. The van der Waals surface area contributed by atoms with Crippen molar-refractivity contribution in [2.45, 2.75) is 78.8 Å². The lowest BCUT2D eigenvalue weighted by Gasteiger charge is -2.68. The predicted octanol–water partition coefficient (Wildman–Crippen LogP) is 3.56. The molecule has 1 spiro atoms. The Bertz CT molecular complexity index is 523. The highest BCUT2D eigenvalue weighted by atomic mass is 16.8. The Balaban J connectivity index is 1.94. The van der Waals surface area contributed by atoms with E-state index in [4.69, 9.17) is 9.47 Å². The normalized spacial score (nSPS) is 56.4. The lowest BCUT2D eigenvalue weighted by Crippen LogP contribution is -2.71. The van der Waals surface area contributed by atoms with Crippen molar-refractivity contribution in [3.63, 3.8) is 0 Å². The van der Waals surface area contributed by atoms with E-state index in [1.807, 2.05) is 13.8 Å².